The number of halogens is 1. The minimum absolute atomic E-state index is 0.0262. The molecule has 1 aliphatic rings. The van der Waals surface area contributed by atoms with Crippen molar-refractivity contribution in [2.24, 2.45) is 0 Å². The lowest BCUT2D eigenvalue weighted by Gasteiger charge is -2.30. The van der Waals surface area contributed by atoms with Gasteiger partial charge in [0, 0.05) is 0 Å². The lowest BCUT2D eigenvalue weighted by Crippen LogP contribution is -2.54. The summed E-state index contributed by atoms with van der Waals surface area (Å²) < 4.78 is 11.6. The van der Waals surface area contributed by atoms with Crippen molar-refractivity contribution in [3.05, 3.63) is 57.1 Å². The number of methoxy groups -OCH3 is 1. The van der Waals surface area contributed by atoms with E-state index in [9.17, 15) is 9.59 Å². The van der Waals surface area contributed by atoms with Gasteiger partial charge in [0.25, 0.3) is 11.8 Å². The predicted octanol–water partition coefficient (Wildman–Crippen LogP) is 4.30. The lowest BCUT2D eigenvalue weighted by atomic mass is 10.0. The summed E-state index contributed by atoms with van der Waals surface area (Å²) in [6.45, 7) is 6.21. The smallest absolute Gasteiger partial charge is 0.270 e. The van der Waals surface area contributed by atoms with Crippen LogP contribution >= 0.6 is 28.1 Å². The second-order valence-corrected chi connectivity index (χ2v) is 7.96. The van der Waals surface area contributed by atoms with Crippen LogP contribution in [0.3, 0.4) is 0 Å². The van der Waals surface area contributed by atoms with Crippen molar-refractivity contribution in [3.63, 3.8) is 0 Å². The lowest BCUT2D eigenvalue weighted by molar-refractivity contribution is -0.122. The summed E-state index contributed by atoms with van der Waals surface area (Å²) in [4.78, 5) is 27.1. The van der Waals surface area contributed by atoms with Crippen molar-refractivity contribution in [3.8, 4) is 11.5 Å². The molecule has 3 rings (SSSR count). The average Bonchev–Trinajstić information content (AvgIpc) is 2.68. The summed E-state index contributed by atoms with van der Waals surface area (Å²) in [6, 6.07) is 9.14. The van der Waals surface area contributed by atoms with Crippen molar-refractivity contribution in [2.75, 3.05) is 18.6 Å². The van der Waals surface area contributed by atoms with Gasteiger partial charge >= 0.3 is 0 Å². The Morgan fingerprint density at radius 3 is 2.57 bits per heavy atom. The van der Waals surface area contributed by atoms with Crippen molar-refractivity contribution in [2.45, 2.75) is 20.8 Å². The van der Waals surface area contributed by atoms with E-state index in [1.54, 1.807) is 12.1 Å². The maximum atomic E-state index is 13.2. The second kappa shape index (κ2) is 8.97. The third-order valence-electron chi connectivity index (χ3n) is 4.55. The first kappa shape index (κ1) is 22.0. The molecule has 0 aliphatic carbocycles. The zero-order valence-electron chi connectivity index (χ0n) is 17.0. The van der Waals surface area contributed by atoms with Crippen molar-refractivity contribution >= 4 is 56.8 Å². The molecule has 2 aromatic carbocycles. The molecule has 0 spiro atoms. The second-order valence-electron chi connectivity index (χ2n) is 6.71. The summed E-state index contributed by atoms with van der Waals surface area (Å²) in [5, 5.41) is 2.66. The SMILES string of the molecule is CCOc1c(Br)cc(/C=C2\C(=O)NC(=S)N(c3ccc(C)cc3C)C2=O)cc1OC. The Morgan fingerprint density at radius 2 is 1.93 bits per heavy atom. The van der Waals surface area contributed by atoms with E-state index >= 15 is 0 Å². The maximum absolute atomic E-state index is 13.2. The quantitative estimate of drug-likeness (QED) is 0.385. The van der Waals surface area contributed by atoms with Gasteiger partial charge in [-0.2, -0.15) is 0 Å². The van der Waals surface area contributed by atoms with Gasteiger partial charge < -0.3 is 9.47 Å². The molecule has 0 bridgehead atoms. The fourth-order valence-electron chi connectivity index (χ4n) is 3.21. The molecule has 1 aliphatic heterocycles. The number of thiocarbonyl (C=S) groups is 1. The molecule has 30 heavy (non-hydrogen) atoms. The number of carbonyl (C=O) groups is 2. The van der Waals surface area contributed by atoms with Crippen LogP contribution in [-0.4, -0.2) is 30.6 Å². The minimum Gasteiger partial charge on any atom is -0.493 e. The van der Waals surface area contributed by atoms with Crippen LogP contribution in [0.4, 0.5) is 5.69 Å². The molecule has 0 atom stereocenters. The number of hydrogen-bond donors (Lipinski definition) is 1. The number of hydrogen-bond acceptors (Lipinski definition) is 5. The van der Waals surface area contributed by atoms with E-state index in [0.29, 0.717) is 33.8 Å². The van der Waals surface area contributed by atoms with Crippen LogP contribution in [0.25, 0.3) is 6.08 Å². The molecule has 6 nitrogen and oxygen atoms in total. The monoisotopic (exact) mass is 488 g/mol. The highest BCUT2D eigenvalue weighted by atomic mass is 79.9. The molecule has 0 aromatic heterocycles. The van der Waals surface area contributed by atoms with E-state index in [4.69, 9.17) is 21.7 Å². The number of carbonyl (C=O) groups excluding carboxylic acids is 2. The number of aryl methyl sites for hydroxylation is 2. The molecule has 1 saturated heterocycles. The van der Waals surface area contributed by atoms with Crippen molar-refractivity contribution in [1.82, 2.24) is 5.32 Å². The first-order valence-corrected chi connectivity index (χ1v) is 10.5. The van der Waals surface area contributed by atoms with Gasteiger partial charge in [0.2, 0.25) is 0 Å². The molecule has 1 N–H and O–H groups in total. The highest BCUT2D eigenvalue weighted by molar-refractivity contribution is 9.10. The Morgan fingerprint density at radius 1 is 1.20 bits per heavy atom. The Kier molecular flexibility index (Phi) is 6.58. The van der Waals surface area contributed by atoms with Crippen LogP contribution in [-0.2, 0) is 9.59 Å². The van der Waals surface area contributed by atoms with Gasteiger partial charge in [-0.1, -0.05) is 17.7 Å². The maximum Gasteiger partial charge on any atom is 0.270 e. The molecule has 8 heteroatoms. The Labute approximate surface area is 189 Å². The molecular weight excluding hydrogens is 468 g/mol. The van der Waals surface area contributed by atoms with Crippen LogP contribution < -0.4 is 19.7 Å². The summed E-state index contributed by atoms with van der Waals surface area (Å²) >= 11 is 8.74. The Bertz CT molecular complexity index is 1080. The minimum atomic E-state index is -0.546. The van der Waals surface area contributed by atoms with Crippen LogP contribution in [0, 0.1) is 13.8 Å². The first-order chi connectivity index (χ1) is 14.3. The van der Waals surface area contributed by atoms with E-state index in [1.807, 2.05) is 39.0 Å². The standard InChI is InChI=1S/C22H21BrN2O4S/c1-5-29-19-16(23)10-14(11-18(19)28-4)9-15-20(26)24-22(30)25(21(15)27)17-7-6-12(2)8-13(17)3/h6-11H,5H2,1-4H3,(H,24,26,30)/b15-9+. The summed E-state index contributed by atoms with van der Waals surface area (Å²) in [6.07, 6.45) is 1.51. The fourth-order valence-corrected chi connectivity index (χ4v) is 4.05. The zero-order chi connectivity index (χ0) is 22.0. The van der Waals surface area contributed by atoms with E-state index in [2.05, 4.69) is 21.2 Å². The van der Waals surface area contributed by atoms with Crippen LogP contribution in [0.1, 0.15) is 23.6 Å². The normalized spacial score (nSPS) is 15.4. The van der Waals surface area contributed by atoms with E-state index in [1.165, 1.54) is 18.1 Å². The molecule has 0 unspecified atom stereocenters. The van der Waals surface area contributed by atoms with Gasteiger partial charge in [0.05, 0.1) is 23.9 Å². The van der Waals surface area contributed by atoms with Gasteiger partial charge in [0.15, 0.2) is 16.6 Å². The Balaban J connectivity index is 2.06. The number of amides is 2. The van der Waals surface area contributed by atoms with Crippen LogP contribution in [0.5, 0.6) is 11.5 Å². The highest BCUT2D eigenvalue weighted by Gasteiger charge is 2.35. The number of benzene rings is 2. The van der Waals surface area contributed by atoms with Crippen LogP contribution in [0.15, 0.2) is 40.4 Å². The fraction of sp³-hybridized carbons (Fsp3) is 0.227. The highest BCUT2D eigenvalue weighted by Crippen LogP contribution is 2.37. The largest absolute Gasteiger partial charge is 0.493 e. The van der Waals surface area contributed by atoms with Crippen molar-refractivity contribution in [1.29, 1.82) is 0 Å². The van der Waals surface area contributed by atoms with E-state index < -0.39 is 11.8 Å². The predicted molar refractivity (Wildman–Crippen MR) is 124 cm³/mol. The number of nitrogens with zero attached hydrogens (tertiary/aromatic N) is 1. The van der Waals surface area contributed by atoms with Crippen molar-refractivity contribution < 1.29 is 19.1 Å². The molecule has 1 fully saturated rings. The zero-order valence-corrected chi connectivity index (χ0v) is 19.4. The van der Waals surface area contributed by atoms with Crippen LogP contribution in [0.2, 0.25) is 0 Å². The van der Waals surface area contributed by atoms with E-state index in [-0.39, 0.29) is 10.7 Å². The molecule has 2 aromatic rings. The molecule has 0 radical (unpaired) electrons. The third-order valence-corrected chi connectivity index (χ3v) is 5.42. The number of ether oxygens (including phenoxy) is 2. The number of nitrogens with one attached hydrogen (secondary N) is 1. The van der Waals surface area contributed by atoms with Gasteiger partial charge in [-0.3, -0.25) is 19.8 Å². The molecule has 0 saturated carbocycles. The Hall–Kier alpha value is -2.71. The van der Waals surface area contributed by atoms with Gasteiger partial charge in [0.1, 0.15) is 5.57 Å². The number of rotatable bonds is 5. The molecule has 1 heterocycles. The van der Waals surface area contributed by atoms with Gasteiger partial charge in [-0.25, -0.2) is 0 Å². The summed E-state index contributed by atoms with van der Waals surface area (Å²) in [5.41, 5.74) is 3.16. The molecule has 156 valence electrons. The first-order valence-electron chi connectivity index (χ1n) is 9.25. The third kappa shape index (κ3) is 4.24. The van der Waals surface area contributed by atoms with E-state index in [0.717, 1.165) is 11.1 Å². The summed E-state index contributed by atoms with van der Waals surface area (Å²) in [5.74, 6) is 0.0119. The molecular formula is C22H21BrN2O4S. The topological polar surface area (TPSA) is 67.9 Å². The average molecular weight is 489 g/mol. The van der Waals surface area contributed by atoms with Gasteiger partial charge in [-0.05, 0) is 84.3 Å². The van der Waals surface area contributed by atoms with Gasteiger partial charge in [-0.15, -0.1) is 0 Å². The molecule has 2 amide bonds. The summed E-state index contributed by atoms with van der Waals surface area (Å²) in [7, 11) is 1.53. The number of anilines is 1.